The van der Waals surface area contributed by atoms with Crippen molar-refractivity contribution in [2.24, 2.45) is 11.7 Å². The molecular formula is C12H19N3S. The molecule has 2 N–H and O–H groups in total. The Morgan fingerprint density at radius 2 is 2.25 bits per heavy atom. The molecule has 0 spiro atoms. The number of nitrogens with zero attached hydrogens (tertiary/aromatic N) is 2. The third kappa shape index (κ3) is 3.45. The molecule has 0 radical (unpaired) electrons. The Bertz CT molecular complexity index is 348. The van der Waals surface area contributed by atoms with Crippen molar-refractivity contribution in [3.05, 3.63) is 23.9 Å². The molecule has 0 aromatic carbocycles. The van der Waals surface area contributed by atoms with Crippen LogP contribution in [0.5, 0.6) is 0 Å². The molecule has 88 valence electrons. The second-order valence-electron chi connectivity index (χ2n) is 4.04. The molecule has 3 nitrogen and oxygen atoms in total. The van der Waals surface area contributed by atoms with E-state index < -0.39 is 0 Å². The highest BCUT2D eigenvalue weighted by molar-refractivity contribution is 7.80. The number of nitrogens with two attached hydrogens (primary N) is 1. The van der Waals surface area contributed by atoms with Gasteiger partial charge in [-0.05, 0) is 25.5 Å². The lowest BCUT2D eigenvalue weighted by Crippen LogP contribution is -2.34. The van der Waals surface area contributed by atoms with Crippen LogP contribution in [0.2, 0.25) is 0 Å². The number of aryl methyl sites for hydroxylation is 1. The fourth-order valence-electron chi connectivity index (χ4n) is 1.45. The molecule has 16 heavy (non-hydrogen) atoms. The Kier molecular flexibility index (Phi) is 4.68. The zero-order valence-corrected chi connectivity index (χ0v) is 10.9. The van der Waals surface area contributed by atoms with Gasteiger partial charge < -0.3 is 10.6 Å². The van der Waals surface area contributed by atoms with E-state index in [-0.39, 0.29) is 5.92 Å². The van der Waals surface area contributed by atoms with E-state index in [9.17, 15) is 0 Å². The summed E-state index contributed by atoms with van der Waals surface area (Å²) in [6.45, 7) is 7.91. The Hall–Kier alpha value is -1.16. The monoisotopic (exact) mass is 237 g/mol. The minimum atomic E-state index is 0.207. The highest BCUT2D eigenvalue weighted by Crippen LogP contribution is 2.13. The molecule has 0 fully saturated rings. The molecular weight excluding hydrogens is 218 g/mol. The summed E-state index contributed by atoms with van der Waals surface area (Å²) < 4.78 is 0. The van der Waals surface area contributed by atoms with Gasteiger partial charge in [-0.15, -0.1) is 0 Å². The largest absolute Gasteiger partial charge is 0.393 e. The predicted octanol–water partition coefficient (Wildman–Crippen LogP) is 2.14. The quantitative estimate of drug-likeness (QED) is 0.797. The van der Waals surface area contributed by atoms with Crippen LogP contribution in [0.15, 0.2) is 18.3 Å². The van der Waals surface area contributed by atoms with Crippen LogP contribution in [0.4, 0.5) is 5.82 Å². The molecule has 0 aliphatic heterocycles. The average molecular weight is 237 g/mol. The number of hydrogen-bond donors (Lipinski definition) is 1. The second-order valence-corrected chi connectivity index (χ2v) is 4.51. The van der Waals surface area contributed by atoms with E-state index >= 15 is 0 Å². The van der Waals surface area contributed by atoms with Crippen LogP contribution in [-0.2, 0) is 0 Å². The normalized spacial score (nSPS) is 12.2. The first kappa shape index (κ1) is 12.9. The predicted molar refractivity (Wildman–Crippen MR) is 72.8 cm³/mol. The van der Waals surface area contributed by atoms with E-state index in [0.29, 0.717) is 4.99 Å². The van der Waals surface area contributed by atoms with Crippen molar-refractivity contribution in [1.82, 2.24) is 4.98 Å². The van der Waals surface area contributed by atoms with Gasteiger partial charge in [0.05, 0.1) is 4.99 Å². The Labute approximate surface area is 103 Å². The van der Waals surface area contributed by atoms with Crippen molar-refractivity contribution in [2.75, 3.05) is 18.0 Å². The van der Waals surface area contributed by atoms with E-state index in [1.165, 1.54) is 5.56 Å². The summed E-state index contributed by atoms with van der Waals surface area (Å²) >= 11 is 4.99. The van der Waals surface area contributed by atoms with Gasteiger partial charge in [-0.25, -0.2) is 4.98 Å². The van der Waals surface area contributed by atoms with Gasteiger partial charge in [-0.2, -0.15) is 0 Å². The molecule has 1 unspecified atom stereocenters. The minimum Gasteiger partial charge on any atom is -0.393 e. The number of thiocarbonyl (C=S) groups is 1. The number of hydrogen-bond acceptors (Lipinski definition) is 3. The minimum absolute atomic E-state index is 0.207. The zero-order chi connectivity index (χ0) is 12.1. The molecule has 1 heterocycles. The topological polar surface area (TPSA) is 42.1 Å². The van der Waals surface area contributed by atoms with Gasteiger partial charge in [0, 0.05) is 25.2 Å². The molecule has 0 saturated heterocycles. The van der Waals surface area contributed by atoms with Gasteiger partial charge in [-0.3, -0.25) is 0 Å². The summed E-state index contributed by atoms with van der Waals surface area (Å²) in [5.41, 5.74) is 6.79. The SMILES string of the molecule is CCN(CC(C)C(N)=S)c1ccc(C)cn1. The van der Waals surface area contributed by atoms with Crippen LogP contribution < -0.4 is 10.6 Å². The number of anilines is 1. The third-order valence-corrected chi connectivity index (χ3v) is 2.98. The Morgan fingerprint density at radius 1 is 1.56 bits per heavy atom. The zero-order valence-electron chi connectivity index (χ0n) is 10.1. The molecule has 0 aliphatic rings. The Morgan fingerprint density at radius 3 is 2.69 bits per heavy atom. The lowest BCUT2D eigenvalue weighted by atomic mass is 10.1. The highest BCUT2D eigenvalue weighted by atomic mass is 32.1. The number of aromatic nitrogens is 1. The first-order chi connectivity index (χ1) is 7.54. The average Bonchev–Trinajstić information content (AvgIpc) is 2.26. The molecule has 1 atom stereocenters. The van der Waals surface area contributed by atoms with Crippen molar-refractivity contribution < 1.29 is 0 Å². The van der Waals surface area contributed by atoms with Crippen molar-refractivity contribution >= 4 is 23.0 Å². The van der Waals surface area contributed by atoms with E-state index in [0.717, 1.165) is 18.9 Å². The van der Waals surface area contributed by atoms with E-state index in [1.807, 2.05) is 26.1 Å². The second kappa shape index (κ2) is 5.80. The van der Waals surface area contributed by atoms with Crippen molar-refractivity contribution in [3.63, 3.8) is 0 Å². The van der Waals surface area contributed by atoms with Crippen LogP contribution in [0.25, 0.3) is 0 Å². The molecule has 1 aromatic rings. The summed E-state index contributed by atoms with van der Waals surface area (Å²) in [4.78, 5) is 7.15. The summed E-state index contributed by atoms with van der Waals surface area (Å²) in [5, 5.41) is 0. The van der Waals surface area contributed by atoms with E-state index in [4.69, 9.17) is 18.0 Å². The van der Waals surface area contributed by atoms with Crippen LogP contribution >= 0.6 is 12.2 Å². The van der Waals surface area contributed by atoms with Gasteiger partial charge in [0.25, 0.3) is 0 Å². The standard InChI is InChI=1S/C12H19N3S/c1-4-15(8-10(3)12(13)16)11-6-5-9(2)7-14-11/h5-7,10H,4,8H2,1-3H3,(H2,13,16). The lowest BCUT2D eigenvalue weighted by molar-refractivity contribution is 0.700. The molecule has 4 heteroatoms. The van der Waals surface area contributed by atoms with Crippen LogP contribution in [0.1, 0.15) is 19.4 Å². The first-order valence-corrected chi connectivity index (χ1v) is 5.92. The first-order valence-electron chi connectivity index (χ1n) is 5.51. The molecule has 1 rings (SSSR count). The maximum atomic E-state index is 5.63. The number of rotatable bonds is 5. The van der Waals surface area contributed by atoms with E-state index in [1.54, 1.807) is 0 Å². The molecule has 0 amide bonds. The smallest absolute Gasteiger partial charge is 0.128 e. The fourth-order valence-corrected chi connectivity index (χ4v) is 1.53. The maximum Gasteiger partial charge on any atom is 0.128 e. The van der Waals surface area contributed by atoms with Crippen LogP contribution in [0, 0.1) is 12.8 Å². The van der Waals surface area contributed by atoms with E-state index in [2.05, 4.69) is 22.9 Å². The van der Waals surface area contributed by atoms with Gasteiger partial charge in [0.1, 0.15) is 5.82 Å². The van der Waals surface area contributed by atoms with Crippen molar-refractivity contribution in [1.29, 1.82) is 0 Å². The number of pyridine rings is 1. The lowest BCUT2D eigenvalue weighted by Gasteiger charge is -2.25. The maximum absolute atomic E-state index is 5.63. The fraction of sp³-hybridized carbons (Fsp3) is 0.500. The van der Waals surface area contributed by atoms with Gasteiger partial charge in [0.2, 0.25) is 0 Å². The summed E-state index contributed by atoms with van der Waals surface area (Å²) in [6, 6.07) is 4.10. The molecule has 0 aliphatic carbocycles. The van der Waals surface area contributed by atoms with Crippen LogP contribution in [-0.4, -0.2) is 23.1 Å². The van der Waals surface area contributed by atoms with Gasteiger partial charge in [0.15, 0.2) is 0 Å². The molecule has 0 saturated carbocycles. The van der Waals surface area contributed by atoms with Gasteiger partial charge >= 0.3 is 0 Å². The molecule has 1 aromatic heterocycles. The summed E-state index contributed by atoms with van der Waals surface area (Å²) in [6.07, 6.45) is 1.88. The van der Waals surface area contributed by atoms with Crippen LogP contribution in [0.3, 0.4) is 0 Å². The van der Waals surface area contributed by atoms with Crippen molar-refractivity contribution in [3.8, 4) is 0 Å². The summed E-state index contributed by atoms with van der Waals surface area (Å²) in [7, 11) is 0. The van der Waals surface area contributed by atoms with Gasteiger partial charge in [-0.1, -0.05) is 25.2 Å². The summed E-state index contributed by atoms with van der Waals surface area (Å²) in [5.74, 6) is 1.19. The highest BCUT2D eigenvalue weighted by Gasteiger charge is 2.12. The Balaban J connectivity index is 2.74. The molecule has 0 bridgehead atoms. The third-order valence-electron chi connectivity index (χ3n) is 2.58. The van der Waals surface area contributed by atoms with Crippen molar-refractivity contribution in [2.45, 2.75) is 20.8 Å².